The summed E-state index contributed by atoms with van der Waals surface area (Å²) in [6.07, 6.45) is 14.4. The maximum absolute atomic E-state index is 11.1. The monoisotopic (exact) mass is 537 g/mol. The van der Waals surface area contributed by atoms with Crippen LogP contribution in [-0.2, 0) is 0 Å². The minimum absolute atomic E-state index is 0.103. The Labute approximate surface area is 200 Å². The predicted molar refractivity (Wildman–Crippen MR) is 144 cm³/mol. The highest BCUT2D eigenvalue weighted by molar-refractivity contribution is 14.2. The molecule has 4 nitrogen and oxygen atoms in total. The fourth-order valence-electron chi connectivity index (χ4n) is 2.58. The van der Waals surface area contributed by atoms with E-state index in [0.717, 1.165) is 14.9 Å². The van der Waals surface area contributed by atoms with Crippen LogP contribution in [0.15, 0.2) is 80.1 Å². The quantitative estimate of drug-likeness (QED) is 0.172. The number of aliphatic hydroxyl groups is 1. The third-order valence-electron chi connectivity index (χ3n) is 5.68. The summed E-state index contributed by atoms with van der Waals surface area (Å²) in [6, 6.07) is 0. The van der Waals surface area contributed by atoms with Gasteiger partial charge in [0, 0.05) is 0 Å². The lowest BCUT2D eigenvalue weighted by molar-refractivity contribution is 0.308. The number of allylic oxidation sites excluding steroid dienone is 9. The Morgan fingerprint density at radius 3 is 2.35 bits per heavy atom. The van der Waals surface area contributed by atoms with Crippen LogP contribution in [0.5, 0.6) is 0 Å². The average Bonchev–Trinajstić information content (AvgIpc) is 3.17. The largest absolute Gasteiger partial charge is 0.506 e. The molecule has 1 rings (SSSR count). The van der Waals surface area contributed by atoms with E-state index in [-0.39, 0.29) is 23.0 Å². The number of halogens is 1. The Morgan fingerprint density at radius 1 is 1.16 bits per heavy atom. The molecule has 0 aliphatic carbocycles. The summed E-state index contributed by atoms with van der Waals surface area (Å²) in [7, 11) is 0. The predicted octanol–water partition coefficient (Wildman–Crippen LogP) is 8.62. The van der Waals surface area contributed by atoms with E-state index in [1.807, 2.05) is 32.1 Å². The van der Waals surface area contributed by atoms with Gasteiger partial charge in [0.15, 0.2) is 0 Å². The molecule has 0 saturated heterocycles. The van der Waals surface area contributed by atoms with Crippen LogP contribution in [0.2, 0.25) is 0 Å². The van der Waals surface area contributed by atoms with Gasteiger partial charge >= 0.3 is 0 Å². The Morgan fingerprint density at radius 2 is 1.81 bits per heavy atom. The Kier molecular flexibility index (Phi) is 10.8. The fourth-order valence-corrected chi connectivity index (χ4v) is 4.00. The lowest BCUT2D eigenvalue weighted by Gasteiger charge is -2.32. The van der Waals surface area contributed by atoms with Crippen molar-refractivity contribution in [3.05, 3.63) is 71.7 Å². The molecule has 1 heterocycles. The van der Waals surface area contributed by atoms with Crippen LogP contribution in [0, 0.1) is 23.2 Å². The van der Waals surface area contributed by atoms with E-state index in [1.165, 1.54) is 0 Å². The number of aliphatic hydroxyl groups excluding tert-OH is 1. The van der Waals surface area contributed by atoms with Crippen LogP contribution >= 0.6 is 21.0 Å². The highest BCUT2D eigenvalue weighted by Gasteiger charge is 2.29. The zero-order valence-corrected chi connectivity index (χ0v) is 22.8. The molecule has 1 aliphatic heterocycles. The first-order valence-corrected chi connectivity index (χ1v) is 13.0. The second-order valence-electron chi connectivity index (χ2n) is 9.13. The van der Waals surface area contributed by atoms with Crippen molar-refractivity contribution in [3.63, 3.8) is 0 Å². The van der Waals surface area contributed by atoms with Crippen molar-refractivity contribution in [2.24, 2.45) is 31.5 Å². The van der Waals surface area contributed by atoms with Gasteiger partial charge in [0.1, 0.15) is 15.2 Å². The van der Waals surface area contributed by atoms with E-state index in [9.17, 15) is 5.11 Å². The summed E-state index contributed by atoms with van der Waals surface area (Å²) in [5.41, 5.74) is 2.42. The maximum Gasteiger partial charge on any atom is 0.141 e. The zero-order chi connectivity index (χ0) is 23.8. The molecule has 0 aromatic rings. The molecule has 0 fully saturated rings. The average molecular weight is 538 g/mol. The molecule has 172 valence electrons. The van der Waals surface area contributed by atoms with Crippen LogP contribution in [0.3, 0.4) is 0 Å². The van der Waals surface area contributed by atoms with Gasteiger partial charge in [0.2, 0.25) is 0 Å². The van der Waals surface area contributed by atoms with Gasteiger partial charge in [-0.1, -0.05) is 85.4 Å². The second-order valence-corrected chi connectivity index (χ2v) is 11.2. The van der Waals surface area contributed by atoms with Crippen LogP contribution in [-0.4, -0.2) is 13.9 Å². The highest BCUT2D eigenvalue weighted by atomic mass is 127. The summed E-state index contributed by atoms with van der Waals surface area (Å²) in [5.74, 6) is 1.06. The van der Waals surface area contributed by atoms with E-state index >= 15 is 0 Å². The molecule has 0 radical (unpaired) electrons. The number of hydrazone groups is 1. The van der Waals surface area contributed by atoms with Crippen molar-refractivity contribution in [3.8, 4) is 0 Å². The Balaban J connectivity index is 3.39. The summed E-state index contributed by atoms with van der Waals surface area (Å²) < 4.78 is 5.68. The van der Waals surface area contributed by atoms with Crippen LogP contribution in [0.1, 0.15) is 62.3 Å². The van der Waals surface area contributed by atoms with Gasteiger partial charge < -0.3 is 5.11 Å². The van der Waals surface area contributed by atoms with Crippen molar-refractivity contribution in [2.45, 2.75) is 62.3 Å². The van der Waals surface area contributed by atoms with Gasteiger partial charge in [-0.15, -0.1) is 13.5 Å². The standard InChI is InChI=1S/C26H40IN3O/c1-11-12-13-14-20(6)26(9,10)21(7)17-23(25(31)22(8)19(4)5)30-28-24(27-29-30)16-15-18(2)3/h11-19,21,31H,6H2,1-5,7-10H3/b12-11-,14-13-,16-15-,23-17+,25-22-. The Bertz CT molecular complexity index is 852. The van der Waals surface area contributed by atoms with E-state index in [1.54, 1.807) is 5.12 Å². The molecule has 1 N–H and O–H groups in total. The van der Waals surface area contributed by atoms with Gasteiger partial charge in [0.05, 0.1) is 21.0 Å². The van der Waals surface area contributed by atoms with Crippen molar-refractivity contribution >= 4 is 24.8 Å². The summed E-state index contributed by atoms with van der Waals surface area (Å²) in [5, 5.41) is 17.5. The van der Waals surface area contributed by atoms with Gasteiger partial charge in [-0.3, -0.25) is 0 Å². The SMILES string of the molecule is C=C(/C=C\C=C/C)C(C)(C)C(C)/C=C(\C(O)=C(/C)C(C)C)N1N=IC(/C=C\C(C)C)=N1. The van der Waals surface area contributed by atoms with Crippen molar-refractivity contribution in [1.29, 1.82) is 0 Å². The van der Waals surface area contributed by atoms with E-state index in [2.05, 4.69) is 82.6 Å². The third kappa shape index (κ3) is 8.02. The van der Waals surface area contributed by atoms with Gasteiger partial charge in [-0.05, 0) is 60.3 Å². The molecule has 31 heavy (non-hydrogen) atoms. The van der Waals surface area contributed by atoms with Gasteiger partial charge in [-0.2, -0.15) is 0 Å². The topological polar surface area (TPSA) is 48.2 Å². The maximum atomic E-state index is 11.1. The first-order valence-electron chi connectivity index (χ1n) is 10.9. The molecule has 0 amide bonds. The molecular formula is C26H40IN3O. The minimum atomic E-state index is -0.565. The fraction of sp³-hybridized carbons (Fsp3) is 0.500. The number of hydrogen-bond donors (Lipinski definition) is 1. The van der Waals surface area contributed by atoms with Crippen molar-refractivity contribution in [2.75, 3.05) is 0 Å². The number of rotatable bonds is 10. The molecule has 1 atom stereocenters. The van der Waals surface area contributed by atoms with E-state index in [0.29, 0.717) is 11.6 Å². The summed E-state index contributed by atoms with van der Waals surface area (Å²) >= 11 is -0.565. The lowest BCUT2D eigenvalue weighted by atomic mass is 9.73. The first kappa shape index (κ1) is 27.3. The number of nitrogens with zero attached hydrogens (tertiary/aromatic N) is 3. The molecule has 0 spiro atoms. The number of hydrogen-bond acceptors (Lipinski definition) is 4. The minimum Gasteiger partial charge on any atom is -0.506 e. The normalized spacial score (nSPS) is 17.8. The molecular weight excluding hydrogens is 497 g/mol. The molecule has 0 aromatic heterocycles. The van der Waals surface area contributed by atoms with Crippen molar-refractivity contribution < 1.29 is 5.11 Å². The van der Waals surface area contributed by atoms with Crippen LogP contribution in [0.4, 0.5) is 0 Å². The molecule has 0 saturated carbocycles. The summed E-state index contributed by atoms with van der Waals surface area (Å²) in [6.45, 7) is 23.2. The van der Waals surface area contributed by atoms with Crippen LogP contribution in [0.25, 0.3) is 0 Å². The van der Waals surface area contributed by atoms with Gasteiger partial charge in [-0.25, -0.2) is 0 Å². The summed E-state index contributed by atoms with van der Waals surface area (Å²) in [4.78, 5) is 0. The third-order valence-corrected chi connectivity index (χ3v) is 7.37. The zero-order valence-electron chi connectivity index (χ0n) is 20.6. The Hall–Kier alpha value is -1.76. The smallest absolute Gasteiger partial charge is 0.141 e. The highest BCUT2D eigenvalue weighted by Crippen LogP contribution is 2.38. The lowest BCUT2D eigenvalue weighted by Crippen LogP contribution is -2.23. The van der Waals surface area contributed by atoms with Crippen molar-refractivity contribution in [1.82, 2.24) is 5.12 Å². The molecule has 1 aliphatic rings. The van der Waals surface area contributed by atoms with Crippen LogP contribution < -0.4 is 0 Å². The van der Waals surface area contributed by atoms with E-state index in [4.69, 9.17) is 5.10 Å². The van der Waals surface area contributed by atoms with Gasteiger partial charge in [0.25, 0.3) is 0 Å². The van der Waals surface area contributed by atoms with E-state index < -0.39 is 21.0 Å². The first-order chi connectivity index (χ1) is 14.4. The molecule has 1 unspecified atom stereocenters. The second kappa shape index (κ2) is 12.3. The molecule has 0 aromatic carbocycles. The molecule has 0 bridgehead atoms. The molecule has 5 heteroatoms.